The van der Waals surface area contributed by atoms with Gasteiger partial charge in [0.1, 0.15) is 11.1 Å². The third-order valence-electron chi connectivity index (χ3n) is 7.97. The zero-order valence-electron chi connectivity index (χ0n) is 22.6. The molecule has 220 valence electrons. The Bertz CT molecular complexity index is 1400. The predicted octanol–water partition coefficient (Wildman–Crippen LogP) is 3.16. The lowest BCUT2D eigenvalue weighted by Crippen LogP contribution is -2.54. The van der Waals surface area contributed by atoms with E-state index in [1.165, 1.54) is 22.5 Å². The maximum Gasteiger partial charge on any atom is 0.266 e. The second kappa shape index (κ2) is 12.5. The molecule has 0 unspecified atom stereocenters. The predicted molar refractivity (Wildman–Crippen MR) is 154 cm³/mol. The molecule has 0 saturated carbocycles. The van der Waals surface area contributed by atoms with E-state index in [2.05, 4.69) is 10.6 Å². The maximum absolute atomic E-state index is 14.6. The van der Waals surface area contributed by atoms with E-state index in [0.29, 0.717) is 31.6 Å². The average Bonchev–Trinajstić information content (AvgIpc) is 3.35. The Balaban J connectivity index is 1.51. The molecule has 2 N–H and O–H groups in total. The number of nitrogens with one attached hydrogen (secondary N) is 2. The second-order valence-electron chi connectivity index (χ2n) is 10.7. The van der Waals surface area contributed by atoms with Gasteiger partial charge in [0.15, 0.2) is 0 Å². The first-order valence-electron chi connectivity index (χ1n) is 13.8. The quantitative estimate of drug-likeness (QED) is 0.484. The fourth-order valence-corrected chi connectivity index (χ4v) is 7.62. The molecular weight excluding hydrogens is 571 g/mol. The van der Waals surface area contributed by atoms with E-state index in [4.69, 9.17) is 16.3 Å². The third kappa shape index (κ3) is 6.28. The summed E-state index contributed by atoms with van der Waals surface area (Å²) in [4.78, 5) is 28.4. The lowest BCUT2D eigenvalue weighted by molar-refractivity contribution is -0.149. The van der Waals surface area contributed by atoms with Gasteiger partial charge >= 0.3 is 0 Å². The number of fused-ring (bicyclic) bond motifs is 3. The number of amides is 2. The zero-order chi connectivity index (χ0) is 29.0. The number of carbonyl (C=O) groups excluding carboxylic acids is 2. The molecule has 2 aromatic carbocycles. The molecule has 41 heavy (non-hydrogen) atoms. The number of anilines is 1. The van der Waals surface area contributed by atoms with E-state index in [1.54, 1.807) is 47.4 Å². The van der Waals surface area contributed by atoms with Crippen molar-refractivity contribution in [2.45, 2.75) is 36.4 Å². The molecule has 0 radical (unpaired) electrons. The summed E-state index contributed by atoms with van der Waals surface area (Å²) in [6.45, 7) is 1.60. The molecule has 12 heteroatoms. The van der Waals surface area contributed by atoms with Gasteiger partial charge in [-0.15, -0.1) is 0 Å². The molecule has 1 spiro atoms. The first-order valence-corrected chi connectivity index (χ1v) is 15.6. The lowest BCUT2D eigenvalue weighted by Gasteiger charge is -2.40. The fraction of sp³-hybridized carbons (Fsp3) is 0.448. The Morgan fingerprint density at radius 2 is 1.80 bits per heavy atom. The van der Waals surface area contributed by atoms with Gasteiger partial charge in [-0.3, -0.25) is 13.9 Å². The van der Waals surface area contributed by atoms with Crippen LogP contribution in [0.1, 0.15) is 29.6 Å². The van der Waals surface area contributed by atoms with Crippen molar-refractivity contribution < 1.29 is 27.1 Å². The summed E-state index contributed by atoms with van der Waals surface area (Å²) in [7, 11) is -4.18. The highest BCUT2D eigenvalue weighted by Crippen LogP contribution is 2.35. The number of hydrogen-bond acceptors (Lipinski definition) is 6. The van der Waals surface area contributed by atoms with Crippen LogP contribution in [-0.4, -0.2) is 83.3 Å². The standard InChI is InChI=1S/C29H34ClFN4O5S/c30-25-9-8-21-16-26(25)41(38,39)35(23-6-2-1-3-7-23)14-4-5-15-40-20-29(10-12-32-13-11-29)28(37)34-19-22(31)17-24(34)18-33-27(21)36/h1-9,16,22,24,32H,10-15,17-20H2,(H,33,36)/b5-4-/t22-,24-/m0/s1. The van der Waals surface area contributed by atoms with Crippen LogP contribution in [0.5, 0.6) is 0 Å². The second-order valence-corrected chi connectivity index (χ2v) is 12.9. The minimum atomic E-state index is -4.18. The number of hydrogen-bond donors (Lipinski definition) is 2. The fourth-order valence-electron chi connectivity index (χ4n) is 5.70. The largest absolute Gasteiger partial charge is 0.376 e. The zero-order valence-corrected chi connectivity index (χ0v) is 24.2. The van der Waals surface area contributed by atoms with Crippen LogP contribution in [0.25, 0.3) is 0 Å². The number of benzene rings is 2. The number of carbonyl (C=O) groups is 2. The number of ether oxygens (including phenoxy) is 1. The molecule has 5 rings (SSSR count). The van der Waals surface area contributed by atoms with Gasteiger partial charge in [0, 0.05) is 18.5 Å². The Morgan fingerprint density at radius 3 is 2.56 bits per heavy atom. The first kappa shape index (κ1) is 29.5. The van der Waals surface area contributed by atoms with Crippen molar-refractivity contribution in [2.24, 2.45) is 5.41 Å². The van der Waals surface area contributed by atoms with Gasteiger partial charge in [-0.05, 0) is 56.3 Å². The average molecular weight is 605 g/mol. The summed E-state index contributed by atoms with van der Waals surface area (Å²) in [6, 6.07) is 12.1. The topological polar surface area (TPSA) is 108 Å². The molecule has 2 atom stereocenters. The van der Waals surface area contributed by atoms with Crippen LogP contribution < -0.4 is 14.9 Å². The SMILES string of the molecule is O=C1NC[C@@H]2C[C@H](F)CN2C(=O)C2(CCNCC2)COC/C=C\CN(c2ccccc2)S(=O)(=O)c2cc1ccc2Cl. The van der Waals surface area contributed by atoms with E-state index >= 15 is 0 Å². The maximum atomic E-state index is 14.6. The Hall–Kier alpha value is -2.99. The molecule has 2 bridgehead atoms. The Labute approximate surface area is 244 Å². The molecule has 2 amide bonds. The van der Waals surface area contributed by atoms with E-state index < -0.39 is 33.6 Å². The molecule has 0 aromatic heterocycles. The number of alkyl halides is 1. The normalized spacial score (nSPS) is 26.1. The smallest absolute Gasteiger partial charge is 0.266 e. The van der Waals surface area contributed by atoms with Gasteiger partial charge in [0.05, 0.1) is 48.5 Å². The number of sulfonamides is 1. The Morgan fingerprint density at radius 1 is 1.05 bits per heavy atom. The highest BCUT2D eigenvalue weighted by molar-refractivity contribution is 7.93. The lowest BCUT2D eigenvalue weighted by atomic mass is 9.78. The number of halogens is 2. The monoisotopic (exact) mass is 604 g/mol. The van der Waals surface area contributed by atoms with Crippen LogP contribution in [0.2, 0.25) is 5.02 Å². The molecule has 0 aliphatic carbocycles. The van der Waals surface area contributed by atoms with Crippen LogP contribution >= 0.6 is 11.6 Å². The molecule has 3 aliphatic rings. The van der Waals surface area contributed by atoms with Crippen molar-refractivity contribution in [1.29, 1.82) is 0 Å². The van der Waals surface area contributed by atoms with E-state index in [9.17, 15) is 22.4 Å². The highest BCUT2D eigenvalue weighted by atomic mass is 35.5. The van der Waals surface area contributed by atoms with Crippen LogP contribution in [0.15, 0.2) is 65.6 Å². The van der Waals surface area contributed by atoms with Crippen molar-refractivity contribution in [3.8, 4) is 0 Å². The summed E-state index contributed by atoms with van der Waals surface area (Å²) >= 11 is 6.36. The Kier molecular flexibility index (Phi) is 8.98. The van der Waals surface area contributed by atoms with Gasteiger partial charge in [-0.25, -0.2) is 12.8 Å². The molecule has 9 nitrogen and oxygen atoms in total. The van der Waals surface area contributed by atoms with Gasteiger partial charge in [0.2, 0.25) is 5.91 Å². The van der Waals surface area contributed by atoms with E-state index in [1.807, 2.05) is 0 Å². The van der Waals surface area contributed by atoms with Gasteiger partial charge in [-0.1, -0.05) is 42.0 Å². The van der Waals surface area contributed by atoms with E-state index in [-0.39, 0.29) is 60.7 Å². The first-order chi connectivity index (χ1) is 19.7. The molecular formula is C29H34ClFN4O5S. The van der Waals surface area contributed by atoms with Crippen molar-refractivity contribution >= 4 is 39.1 Å². The molecule has 3 heterocycles. The molecule has 2 aromatic rings. The third-order valence-corrected chi connectivity index (χ3v) is 10.2. The molecule has 3 aliphatic heterocycles. The summed E-state index contributed by atoms with van der Waals surface area (Å²) < 4.78 is 49.6. The van der Waals surface area contributed by atoms with Gasteiger partial charge in [0.25, 0.3) is 15.9 Å². The summed E-state index contributed by atoms with van der Waals surface area (Å²) in [5, 5.41) is 6.04. The molecule has 2 saturated heterocycles. The number of rotatable bonds is 1. The van der Waals surface area contributed by atoms with Gasteiger partial charge in [-0.2, -0.15) is 0 Å². The van der Waals surface area contributed by atoms with Crippen LogP contribution in [-0.2, 0) is 19.6 Å². The highest BCUT2D eigenvalue weighted by Gasteiger charge is 2.47. The summed E-state index contributed by atoms with van der Waals surface area (Å²) in [6.07, 6.45) is 3.41. The number of nitrogens with zero attached hydrogens (tertiary/aromatic N) is 2. The van der Waals surface area contributed by atoms with Crippen molar-refractivity contribution in [1.82, 2.24) is 15.5 Å². The van der Waals surface area contributed by atoms with Gasteiger partial charge < -0.3 is 20.3 Å². The van der Waals surface area contributed by atoms with Crippen LogP contribution in [0, 0.1) is 5.41 Å². The van der Waals surface area contributed by atoms with Crippen LogP contribution in [0.3, 0.4) is 0 Å². The summed E-state index contributed by atoms with van der Waals surface area (Å²) in [5.74, 6) is -0.696. The molecule has 2 fully saturated rings. The number of piperidine rings is 1. The van der Waals surface area contributed by atoms with Crippen LogP contribution in [0.4, 0.5) is 10.1 Å². The van der Waals surface area contributed by atoms with E-state index in [0.717, 1.165) is 0 Å². The minimum Gasteiger partial charge on any atom is -0.376 e. The van der Waals surface area contributed by atoms with Crippen molar-refractivity contribution in [3.05, 3.63) is 71.3 Å². The van der Waals surface area contributed by atoms with Crippen molar-refractivity contribution in [3.63, 3.8) is 0 Å². The number of para-hydroxylation sites is 1. The van der Waals surface area contributed by atoms with Crippen molar-refractivity contribution in [2.75, 3.05) is 50.2 Å². The summed E-state index contributed by atoms with van der Waals surface area (Å²) in [5.41, 5.74) is -0.283. The minimum absolute atomic E-state index is 0.0101.